The molecule has 2 unspecified atom stereocenters. The summed E-state index contributed by atoms with van der Waals surface area (Å²) in [5, 5.41) is 10.4. The SMILES string of the molecule is CC(CN1CCCC1)n1ccc2c1CC(C)(C)CC2O. The van der Waals surface area contributed by atoms with Crippen molar-refractivity contribution in [1.29, 1.82) is 0 Å². The smallest absolute Gasteiger partial charge is 0.0812 e. The van der Waals surface area contributed by atoms with Crippen LogP contribution in [0.2, 0.25) is 0 Å². The molecule has 0 radical (unpaired) electrons. The normalized spacial score (nSPS) is 27.5. The fourth-order valence-electron chi connectivity index (χ4n) is 3.99. The number of aliphatic hydroxyl groups is 1. The van der Waals surface area contributed by atoms with Crippen LogP contribution in [0.4, 0.5) is 0 Å². The van der Waals surface area contributed by atoms with Gasteiger partial charge in [0.1, 0.15) is 0 Å². The van der Waals surface area contributed by atoms with Crippen molar-refractivity contribution >= 4 is 0 Å². The minimum absolute atomic E-state index is 0.204. The van der Waals surface area contributed by atoms with Crippen LogP contribution in [0.25, 0.3) is 0 Å². The van der Waals surface area contributed by atoms with E-state index in [4.69, 9.17) is 0 Å². The molecule has 3 rings (SSSR count). The van der Waals surface area contributed by atoms with Crippen LogP contribution >= 0.6 is 0 Å². The predicted molar refractivity (Wildman–Crippen MR) is 81.9 cm³/mol. The van der Waals surface area contributed by atoms with Gasteiger partial charge in [-0.05, 0) is 57.2 Å². The summed E-state index contributed by atoms with van der Waals surface area (Å²) in [5.74, 6) is 0. The maximum Gasteiger partial charge on any atom is 0.0812 e. The largest absolute Gasteiger partial charge is 0.388 e. The van der Waals surface area contributed by atoms with Crippen LogP contribution in [-0.2, 0) is 6.42 Å². The molecule has 1 aromatic rings. The lowest BCUT2D eigenvalue weighted by molar-refractivity contribution is 0.0972. The Hall–Kier alpha value is -0.800. The van der Waals surface area contributed by atoms with Crippen LogP contribution in [0.3, 0.4) is 0 Å². The van der Waals surface area contributed by atoms with E-state index in [0.717, 1.165) is 24.9 Å². The number of hydrogen-bond acceptors (Lipinski definition) is 2. The van der Waals surface area contributed by atoms with E-state index < -0.39 is 0 Å². The molecule has 2 heterocycles. The highest BCUT2D eigenvalue weighted by Gasteiger charge is 2.34. The molecule has 0 bridgehead atoms. The average molecular weight is 276 g/mol. The Balaban J connectivity index is 1.80. The van der Waals surface area contributed by atoms with Crippen molar-refractivity contribution in [3.05, 3.63) is 23.5 Å². The molecular weight excluding hydrogens is 248 g/mol. The van der Waals surface area contributed by atoms with Gasteiger partial charge in [-0.1, -0.05) is 13.8 Å². The number of aromatic nitrogens is 1. The maximum atomic E-state index is 10.4. The molecule has 1 fully saturated rings. The lowest BCUT2D eigenvalue weighted by Gasteiger charge is -2.35. The van der Waals surface area contributed by atoms with Gasteiger partial charge in [-0.2, -0.15) is 0 Å². The third kappa shape index (κ3) is 2.66. The van der Waals surface area contributed by atoms with Crippen molar-refractivity contribution in [3.8, 4) is 0 Å². The average Bonchev–Trinajstić information content (AvgIpc) is 2.96. The van der Waals surface area contributed by atoms with Gasteiger partial charge >= 0.3 is 0 Å². The summed E-state index contributed by atoms with van der Waals surface area (Å²) >= 11 is 0. The number of likely N-dealkylation sites (tertiary alicyclic amines) is 1. The van der Waals surface area contributed by atoms with Crippen molar-refractivity contribution < 1.29 is 5.11 Å². The van der Waals surface area contributed by atoms with Crippen molar-refractivity contribution in [3.63, 3.8) is 0 Å². The summed E-state index contributed by atoms with van der Waals surface area (Å²) in [4.78, 5) is 2.57. The Morgan fingerprint density at radius 2 is 2.05 bits per heavy atom. The van der Waals surface area contributed by atoms with Gasteiger partial charge in [0.15, 0.2) is 0 Å². The fraction of sp³-hybridized carbons (Fsp3) is 0.765. The molecule has 2 aliphatic rings. The lowest BCUT2D eigenvalue weighted by atomic mass is 9.75. The molecule has 2 atom stereocenters. The summed E-state index contributed by atoms with van der Waals surface area (Å²) in [5.41, 5.74) is 2.73. The highest BCUT2D eigenvalue weighted by atomic mass is 16.3. The van der Waals surface area contributed by atoms with Crippen molar-refractivity contribution in [2.45, 2.75) is 58.6 Å². The van der Waals surface area contributed by atoms with E-state index in [0.29, 0.717) is 6.04 Å². The summed E-state index contributed by atoms with van der Waals surface area (Å²) < 4.78 is 2.41. The summed E-state index contributed by atoms with van der Waals surface area (Å²) in [7, 11) is 0. The predicted octanol–water partition coefficient (Wildman–Crippen LogP) is 3.15. The van der Waals surface area contributed by atoms with Gasteiger partial charge in [-0.25, -0.2) is 0 Å². The lowest BCUT2D eigenvalue weighted by Crippen LogP contribution is -2.31. The minimum Gasteiger partial charge on any atom is -0.388 e. The zero-order chi connectivity index (χ0) is 14.3. The van der Waals surface area contributed by atoms with E-state index in [1.54, 1.807) is 0 Å². The van der Waals surface area contributed by atoms with Crippen LogP contribution in [0.1, 0.15) is 63.4 Å². The zero-order valence-corrected chi connectivity index (χ0v) is 13.1. The van der Waals surface area contributed by atoms with Gasteiger partial charge < -0.3 is 14.6 Å². The Morgan fingerprint density at radius 3 is 2.75 bits per heavy atom. The van der Waals surface area contributed by atoms with Crippen molar-refractivity contribution in [2.75, 3.05) is 19.6 Å². The Kier molecular flexibility index (Phi) is 3.67. The standard InChI is InChI=1S/C17H28N2O/c1-13(12-18-7-4-5-8-18)19-9-6-14-15(19)10-17(2,3)11-16(14)20/h6,9,13,16,20H,4-5,7-8,10-12H2,1-3H3. The topological polar surface area (TPSA) is 28.4 Å². The molecule has 0 amide bonds. The monoisotopic (exact) mass is 276 g/mol. The van der Waals surface area contributed by atoms with Crippen LogP contribution < -0.4 is 0 Å². The molecule has 1 aliphatic carbocycles. The van der Waals surface area contributed by atoms with Gasteiger partial charge in [0.05, 0.1) is 6.10 Å². The Labute approximate surface area is 122 Å². The Bertz CT molecular complexity index is 471. The van der Waals surface area contributed by atoms with Crippen LogP contribution in [0.15, 0.2) is 12.3 Å². The van der Waals surface area contributed by atoms with Gasteiger partial charge in [0.25, 0.3) is 0 Å². The second kappa shape index (κ2) is 5.19. The number of hydrogen-bond donors (Lipinski definition) is 1. The van der Waals surface area contributed by atoms with Crippen LogP contribution in [0, 0.1) is 5.41 Å². The van der Waals surface area contributed by atoms with Gasteiger partial charge in [-0.15, -0.1) is 0 Å². The first-order valence-corrected chi connectivity index (χ1v) is 8.06. The van der Waals surface area contributed by atoms with E-state index in [9.17, 15) is 5.11 Å². The number of fused-ring (bicyclic) bond motifs is 1. The minimum atomic E-state index is -0.283. The molecule has 0 aromatic carbocycles. The quantitative estimate of drug-likeness (QED) is 0.918. The molecule has 3 heteroatoms. The zero-order valence-electron chi connectivity index (χ0n) is 13.1. The van der Waals surface area contributed by atoms with Gasteiger partial charge in [0, 0.05) is 30.0 Å². The number of aliphatic hydroxyl groups excluding tert-OH is 1. The van der Waals surface area contributed by atoms with Crippen molar-refractivity contribution in [1.82, 2.24) is 9.47 Å². The van der Waals surface area contributed by atoms with E-state index in [1.807, 2.05) is 0 Å². The first-order valence-electron chi connectivity index (χ1n) is 8.06. The summed E-state index contributed by atoms with van der Waals surface area (Å²) in [6, 6.07) is 2.63. The summed E-state index contributed by atoms with van der Waals surface area (Å²) in [6.07, 6.45) is 6.57. The number of nitrogens with zero attached hydrogens (tertiary/aromatic N) is 2. The van der Waals surface area contributed by atoms with E-state index in [-0.39, 0.29) is 11.5 Å². The van der Waals surface area contributed by atoms with Crippen LogP contribution in [-0.4, -0.2) is 34.2 Å². The third-order valence-corrected chi connectivity index (χ3v) is 5.01. The number of rotatable bonds is 3. The fourth-order valence-corrected chi connectivity index (χ4v) is 3.99. The second-order valence-corrected chi connectivity index (χ2v) is 7.54. The first-order chi connectivity index (χ1) is 9.46. The highest BCUT2D eigenvalue weighted by Crippen LogP contribution is 2.41. The molecule has 1 saturated heterocycles. The van der Waals surface area contributed by atoms with Crippen LogP contribution in [0.5, 0.6) is 0 Å². The highest BCUT2D eigenvalue weighted by molar-refractivity contribution is 5.29. The van der Waals surface area contributed by atoms with E-state index in [2.05, 4.69) is 42.5 Å². The molecule has 1 aliphatic heterocycles. The first kappa shape index (κ1) is 14.2. The van der Waals surface area contributed by atoms with E-state index >= 15 is 0 Å². The molecule has 112 valence electrons. The molecule has 0 spiro atoms. The van der Waals surface area contributed by atoms with Crippen molar-refractivity contribution in [2.24, 2.45) is 5.41 Å². The van der Waals surface area contributed by atoms with Gasteiger partial charge in [-0.3, -0.25) is 0 Å². The molecule has 3 nitrogen and oxygen atoms in total. The van der Waals surface area contributed by atoms with E-state index in [1.165, 1.54) is 31.6 Å². The molecule has 20 heavy (non-hydrogen) atoms. The summed E-state index contributed by atoms with van der Waals surface area (Å²) in [6.45, 7) is 10.5. The molecular formula is C17H28N2O. The molecule has 1 N–H and O–H groups in total. The van der Waals surface area contributed by atoms with Gasteiger partial charge in [0.2, 0.25) is 0 Å². The molecule has 1 aromatic heterocycles. The third-order valence-electron chi connectivity index (χ3n) is 5.01. The maximum absolute atomic E-state index is 10.4. The molecule has 0 saturated carbocycles. The second-order valence-electron chi connectivity index (χ2n) is 7.54. The Morgan fingerprint density at radius 1 is 1.35 bits per heavy atom.